The molecule has 6 nitrogen and oxygen atoms in total. The van der Waals surface area contributed by atoms with Gasteiger partial charge >= 0.3 is 0 Å². The second-order valence-corrected chi connectivity index (χ2v) is 5.78. The number of halogens is 1. The number of ether oxygens (including phenoxy) is 1. The van der Waals surface area contributed by atoms with Crippen LogP contribution in [0.2, 0.25) is 0 Å². The molecule has 1 unspecified atom stereocenters. The Hall–Kier alpha value is -2.44. The molecule has 0 radical (unpaired) electrons. The van der Waals surface area contributed by atoms with Gasteiger partial charge in [-0.1, -0.05) is 12.1 Å². The lowest BCUT2D eigenvalue weighted by Gasteiger charge is -2.22. The normalized spacial score (nSPS) is 17.3. The van der Waals surface area contributed by atoms with Gasteiger partial charge in [-0.05, 0) is 31.0 Å². The maximum absolute atomic E-state index is 13.5. The summed E-state index contributed by atoms with van der Waals surface area (Å²) in [6.07, 6.45) is 2.42. The number of aryl methyl sites for hydroxylation is 1. The van der Waals surface area contributed by atoms with E-state index in [2.05, 4.69) is 10.1 Å². The largest absolute Gasteiger partial charge is 0.496 e. The van der Waals surface area contributed by atoms with Crippen molar-refractivity contribution in [2.45, 2.75) is 38.6 Å². The summed E-state index contributed by atoms with van der Waals surface area (Å²) in [5, 5.41) is 3.99. The molecule has 1 atom stereocenters. The van der Waals surface area contributed by atoms with E-state index in [1.54, 1.807) is 4.90 Å². The number of rotatable bonds is 5. The first-order valence-corrected chi connectivity index (χ1v) is 8.06. The highest BCUT2D eigenvalue weighted by molar-refractivity contribution is 5.80. The minimum atomic E-state index is -0.387. The molecule has 7 heteroatoms. The number of carbonyl (C=O) groups is 1. The number of benzene rings is 1. The molecule has 0 spiro atoms. The van der Waals surface area contributed by atoms with E-state index in [1.165, 1.54) is 25.3 Å². The number of likely N-dealkylation sites (tertiary alicyclic amines) is 1. The molecule has 1 aromatic heterocycles. The second kappa shape index (κ2) is 6.98. The summed E-state index contributed by atoms with van der Waals surface area (Å²) in [7, 11) is 1.51. The van der Waals surface area contributed by atoms with Gasteiger partial charge in [0, 0.05) is 18.5 Å². The minimum absolute atomic E-state index is 0.0793. The van der Waals surface area contributed by atoms with E-state index in [-0.39, 0.29) is 24.2 Å². The zero-order chi connectivity index (χ0) is 17.1. The van der Waals surface area contributed by atoms with Crippen molar-refractivity contribution in [2.75, 3.05) is 13.7 Å². The van der Waals surface area contributed by atoms with E-state index >= 15 is 0 Å². The number of aromatic nitrogens is 2. The SMILES string of the molecule is CCc1nc(C2CCCN2C(=O)Cc2cc(F)ccc2OC)no1. The molecule has 3 rings (SSSR count). The van der Waals surface area contributed by atoms with Crippen LogP contribution in [0.25, 0.3) is 0 Å². The summed E-state index contributed by atoms with van der Waals surface area (Å²) < 4.78 is 23.9. The van der Waals surface area contributed by atoms with Crippen LogP contribution in [0.4, 0.5) is 4.39 Å². The van der Waals surface area contributed by atoms with Crippen LogP contribution in [0.5, 0.6) is 5.75 Å². The minimum Gasteiger partial charge on any atom is -0.496 e. The third-order valence-corrected chi connectivity index (χ3v) is 4.24. The zero-order valence-corrected chi connectivity index (χ0v) is 13.8. The fourth-order valence-electron chi connectivity index (χ4n) is 3.03. The molecule has 24 heavy (non-hydrogen) atoms. The van der Waals surface area contributed by atoms with E-state index in [9.17, 15) is 9.18 Å². The van der Waals surface area contributed by atoms with E-state index < -0.39 is 0 Å². The molecule has 2 aromatic rings. The quantitative estimate of drug-likeness (QED) is 0.841. The van der Waals surface area contributed by atoms with Crippen LogP contribution >= 0.6 is 0 Å². The fraction of sp³-hybridized carbons (Fsp3) is 0.471. The molecule has 1 fully saturated rings. The van der Waals surface area contributed by atoms with E-state index in [1.807, 2.05) is 6.92 Å². The first-order chi connectivity index (χ1) is 11.6. The van der Waals surface area contributed by atoms with Crippen molar-refractivity contribution in [2.24, 2.45) is 0 Å². The molecule has 0 aliphatic carbocycles. The van der Waals surface area contributed by atoms with E-state index in [0.29, 0.717) is 36.0 Å². The van der Waals surface area contributed by atoms with Crippen LogP contribution in [0.1, 0.15) is 43.1 Å². The number of amides is 1. The average molecular weight is 333 g/mol. The highest BCUT2D eigenvalue weighted by Gasteiger charge is 2.33. The first kappa shape index (κ1) is 16.4. The number of hydrogen-bond donors (Lipinski definition) is 0. The molecule has 1 saturated heterocycles. The lowest BCUT2D eigenvalue weighted by molar-refractivity contribution is -0.131. The van der Waals surface area contributed by atoms with E-state index in [4.69, 9.17) is 9.26 Å². The van der Waals surface area contributed by atoms with Gasteiger partial charge in [-0.2, -0.15) is 4.98 Å². The van der Waals surface area contributed by atoms with Crippen molar-refractivity contribution in [1.82, 2.24) is 15.0 Å². The summed E-state index contributed by atoms with van der Waals surface area (Å²) in [4.78, 5) is 18.8. The number of hydrogen-bond acceptors (Lipinski definition) is 5. The Balaban J connectivity index is 1.77. The average Bonchev–Trinajstić information content (AvgIpc) is 3.23. The number of nitrogens with zero attached hydrogens (tertiary/aromatic N) is 3. The first-order valence-electron chi connectivity index (χ1n) is 8.06. The predicted octanol–water partition coefficient (Wildman–Crippen LogP) is 2.69. The molecule has 1 aliphatic rings. The third kappa shape index (κ3) is 3.25. The monoisotopic (exact) mass is 333 g/mol. The molecule has 0 N–H and O–H groups in total. The predicted molar refractivity (Wildman–Crippen MR) is 84.0 cm³/mol. The van der Waals surface area contributed by atoms with Crippen molar-refractivity contribution in [3.05, 3.63) is 41.3 Å². The lowest BCUT2D eigenvalue weighted by Crippen LogP contribution is -2.32. The highest BCUT2D eigenvalue weighted by Crippen LogP contribution is 2.31. The summed E-state index contributed by atoms with van der Waals surface area (Å²) in [6, 6.07) is 4.01. The van der Waals surface area contributed by atoms with Gasteiger partial charge in [0.15, 0.2) is 5.82 Å². The smallest absolute Gasteiger partial charge is 0.227 e. The van der Waals surface area contributed by atoms with Gasteiger partial charge in [-0.15, -0.1) is 0 Å². The molecule has 1 aliphatic heterocycles. The lowest BCUT2D eigenvalue weighted by atomic mass is 10.1. The summed E-state index contributed by atoms with van der Waals surface area (Å²) in [5.74, 6) is 1.14. The summed E-state index contributed by atoms with van der Waals surface area (Å²) in [5.41, 5.74) is 0.538. The van der Waals surface area contributed by atoms with Gasteiger partial charge in [0.05, 0.1) is 19.6 Å². The Kier molecular flexibility index (Phi) is 4.78. The molecule has 0 saturated carbocycles. The number of carbonyl (C=O) groups excluding carboxylic acids is 1. The van der Waals surface area contributed by atoms with Crippen LogP contribution in [-0.4, -0.2) is 34.6 Å². The molecule has 128 valence electrons. The summed E-state index contributed by atoms with van der Waals surface area (Å²) >= 11 is 0. The molecule has 1 amide bonds. The summed E-state index contributed by atoms with van der Waals surface area (Å²) in [6.45, 7) is 2.57. The van der Waals surface area contributed by atoms with Gasteiger partial charge in [0.25, 0.3) is 0 Å². The maximum Gasteiger partial charge on any atom is 0.227 e. The van der Waals surface area contributed by atoms with Crippen molar-refractivity contribution in [3.8, 4) is 5.75 Å². The Morgan fingerprint density at radius 3 is 3.04 bits per heavy atom. The second-order valence-electron chi connectivity index (χ2n) is 5.78. The van der Waals surface area contributed by atoms with Crippen molar-refractivity contribution >= 4 is 5.91 Å². The van der Waals surface area contributed by atoms with Crippen LogP contribution in [0.15, 0.2) is 22.7 Å². The molecule has 1 aromatic carbocycles. The van der Waals surface area contributed by atoms with Crippen LogP contribution < -0.4 is 4.74 Å². The zero-order valence-electron chi connectivity index (χ0n) is 13.8. The van der Waals surface area contributed by atoms with Gasteiger partial charge in [0.1, 0.15) is 11.6 Å². The van der Waals surface area contributed by atoms with Crippen LogP contribution in [0.3, 0.4) is 0 Å². The van der Waals surface area contributed by atoms with E-state index in [0.717, 1.165) is 12.8 Å². The Morgan fingerprint density at radius 1 is 1.50 bits per heavy atom. The molecule has 0 bridgehead atoms. The Labute approximate surface area is 139 Å². The Bertz CT molecular complexity index is 732. The van der Waals surface area contributed by atoms with Crippen molar-refractivity contribution in [3.63, 3.8) is 0 Å². The molecular weight excluding hydrogens is 313 g/mol. The third-order valence-electron chi connectivity index (χ3n) is 4.24. The van der Waals surface area contributed by atoms with Gasteiger partial charge < -0.3 is 14.2 Å². The standard InChI is InChI=1S/C17H20FN3O3/c1-3-15-19-17(20-24-15)13-5-4-8-21(13)16(22)10-11-9-12(18)6-7-14(11)23-2/h6-7,9,13H,3-5,8,10H2,1-2H3. The maximum atomic E-state index is 13.5. The van der Waals surface area contributed by atoms with Crippen LogP contribution in [-0.2, 0) is 17.6 Å². The fourth-order valence-corrected chi connectivity index (χ4v) is 3.03. The van der Waals surface area contributed by atoms with Gasteiger partial charge in [-0.25, -0.2) is 4.39 Å². The number of methoxy groups -OCH3 is 1. The Morgan fingerprint density at radius 2 is 2.33 bits per heavy atom. The van der Waals surface area contributed by atoms with Crippen molar-refractivity contribution < 1.29 is 18.4 Å². The van der Waals surface area contributed by atoms with Gasteiger partial charge in [0.2, 0.25) is 11.8 Å². The topological polar surface area (TPSA) is 68.5 Å². The highest BCUT2D eigenvalue weighted by atomic mass is 19.1. The molecular formula is C17H20FN3O3. The van der Waals surface area contributed by atoms with Crippen LogP contribution in [0, 0.1) is 5.82 Å². The van der Waals surface area contributed by atoms with Gasteiger partial charge in [-0.3, -0.25) is 4.79 Å². The van der Waals surface area contributed by atoms with Crippen molar-refractivity contribution in [1.29, 1.82) is 0 Å². The molecule has 2 heterocycles.